The van der Waals surface area contributed by atoms with Gasteiger partial charge in [-0.25, -0.2) is 9.78 Å². The normalized spacial score (nSPS) is 16.5. The minimum atomic E-state index is -0.790. The highest BCUT2D eigenvalue weighted by molar-refractivity contribution is 7.18. The molecule has 0 bridgehead atoms. The number of carbonyl (C=O) groups excluding carboxylic acids is 2. The standard InChI is InChI=1S/C18H14N2O3S/c21-17(14-9-11-5-1-2-6-12(11)18(22)23-14)19-10-16-20-13-7-3-4-8-15(13)24-16/h1-8,14H,9-10H2,(H,19,21). The molecule has 1 aliphatic rings. The van der Waals surface area contributed by atoms with Gasteiger partial charge in [-0.2, -0.15) is 0 Å². The van der Waals surface area contributed by atoms with Crippen LogP contribution >= 0.6 is 11.3 Å². The van der Waals surface area contributed by atoms with Gasteiger partial charge in [0.1, 0.15) is 5.01 Å². The second kappa shape index (κ2) is 6.05. The van der Waals surface area contributed by atoms with Crippen LogP contribution in [0.4, 0.5) is 0 Å². The summed E-state index contributed by atoms with van der Waals surface area (Å²) in [6, 6.07) is 15.0. The van der Waals surface area contributed by atoms with Gasteiger partial charge in [0, 0.05) is 6.42 Å². The van der Waals surface area contributed by atoms with Crippen LogP contribution in [-0.4, -0.2) is 23.0 Å². The Balaban J connectivity index is 1.44. The Bertz CT molecular complexity index is 902. The highest BCUT2D eigenvalue weighted by atomic mass is 32.1. The molecule has 4 rings (SSSR count). The molecule has 1 N–H and O–H groups in total. The number of thiazole rings is 1. The Morgan fingerprint density at radius 2 is 2.00 bits per heavy atom. The number of fused-ring (bicyclic) bond motifs is 2. The van der Waals surface area contributed by atoms with Gasteiger partial charge < -0.3 is 10.1 Å². The predicted molar refractivity (Wildman–Crippen MR) is 90.8 cm³/mol. The lowest BCUT2D eigenvalue weighted by Crippen LogP contribution is -2.41. The van der Waals surface area contributed by atoms with Crippen molar-refractivity contribution in [1.29, 1.82) is 0 Å². The maximum absolute atomic E-state index is 12.3. The fraction of sp³-hybridized carbons (Fsp3) is 0.167. The number of benzene rings is 2. The van der Waals surface area contributed by atoms with Crippen LogP contribution in [0.1, 0.15) is 20.9 Å². The van der Waals surface area contributed by atoms with Gasteiger partial charge in [0.25, 0.3) is 5.91 Å². The summed E-state index contributed by atoms with van der Waals surface area (Å²) < 4.78 is 6.34. The zero-order valence-corrected chi connectivity index (χ0v) is 13.5. The topological polar surface area (TPSA) is 68.3 Å². The molecular weight excluding hydrogens is 324 g/mol. The number of para-hydroxylation sites is 1. The molecule has 120 valence electrons. The maximum atomic E-state index is 12.3. The molecule has 0 saturated heterocycles. The summed E-state index contributed by atoms with van der Waals surface area (Å²) in [4.78, 5) is 28.8. The van der Waals surface area contributed by atoms with Gasteiger partial charge in [-0.3, -0.25) is 4.79 Å². The van der Waals surface area contributed by atoms with Crippen LogP contribution in [0.3, 0.4) is 0 Å². The summed E-state index contributed by atoms with van der Waals surface area (Å²) >= 11 is 1.54. The zero-order chi connectivity index (χ0) is 16.5. The number of cyclic esters (lactones) is 1. The van der Waals surface area contributed by atoms with Gasteiger partial charge in [-0.1, -0.05) is 30.3 Å². The number of nitrogens with zero attached hydrogens (tertiary/aromatic N) is 1. The van der Waals surface area contributed by atoms with Gasteiger partial charge in [0.05, 0.1) is 22.3 Å². The molecule has 1 unspecified atom stereocenters. The average molecular weight is 338 g/mol. The van der Waals surface area contributed by atoms with Crippen molar-refractivity contribution in [2.24, 2.45) is 0 Å². The highest BCUT2D eigenvalue weighted by Gasteiger charge is 2.30. The van der Waals surface area contributed by atoms with Gasteiger partial charge in [0.2, 0.25) is 0 Å². The smallest absolute Gasteiger partial charge is 0.339 e. The molecule has 0 spiro atoms. The SMILES string of the molecule is O=C1OC(C(=O)NCc2nc3ccccc3s2)Cc2ccccc21. The molecule has 0 saturated carbocycles. The lowest BCUT2D eigenvalue weighted by molar-refractivity contribution is -0.130. The first-order valence-electron chi connectivity index (χ1n) is 7.62. The number of hydrogen-bond donors (Lipinski definition) is 1. The van der Waals surface area contributed by atoms with Gasteiger partial charge in [-0.05, 0) is 23.8 Å². The summed E-state index contributed by atoms with van der Waals surface area (Å²) in [5.74, 6) is -0.742. The maximum Gasteiger partial charge on any atom is 0.339 e. The Morgan fingerprint density at radius 1 is 1.21 bits per heavy atom. The summed E-state index contributed by atoms with van der Waals surface area (Å²) in [7, 11) is 0. The van der Waals surface area contributed by atoms with Gasteiger partial charge >= 0.3 is 5.97 Å². The molecule has 0 radical (unpaired) electrons. The highest BCUT2D eigenvalue weighted by Crippen LogP contribution is 2.22. The number of nitrogens with one attached hydrogen (secondary N) is 1. The van der Waals surface area contributed by atoms with Crippen LogP contribution in [-0.2, 0) is 22.5 Å². The van der Waals surface area contributed by atoms with E-state index in [0.29, 0.717) is 18.5 Å². The van der Waals surface area contributed by atoms with Gasteiger partial charge in [-0.15, -0.1) is 11.3 Å². The van der Waals surface area contributed by atoms with E-state index in [1.54, 1.807) is 23.5 Å². The molecule has 1 aromatic heterocycles. The first-order valence-corrected chi connectivity index (χ1v) is 8.43. The molecule has 6 heteroatoms. The summed E-state index contributed by atoms with van der Waals surface area (Å²) in [5, 5.41) is 3.64. The quantitative estimate of drug-likeness (QED) is 0.746. The molecule has 24 heavy (non-hydrogen) atoms. The van der Waals surface area contributed by atoms with Crippen LogP contribution in [0.15, 0.2) is 48.5 Å². The van der Waals surface area contributed by atoms with Crippen molar-refractivity contribution in [2.45, 2.75) is 19.1 Å². The molecule has 0 aliphatic carbocycles. The largest absolute Gasteiger partial charge is 0.448 e. The van der Waals surface area contributed by atoms with E-state index in [2.05, 4.69) is 10.3 Å². The van der Waals surface area contributed by atoms with Crippen LogP contribution in [0, 0.1) is 0 Å². The van der Waals surface area contributed by atoms with E-state index < -0.39 is 12.1 Å². The van der Waals surface area contributed by atoms with Crippen molar-refractivity contribution in [3.05, 3.63) is 64.7 Å². The molecule has 2 heterocycles. The number of aromatic nitrogens is 1. The minimum Gasteiger partial charge on any atom is -0.448 e. The number of esters is 1. The van der Waals surface area contributed by atoms with Crippen molar-refractivity contribution >= 4 is 33.4 Å². The van der Waals surface area contributed by atoms with E-state index in [0.717, 1.165) is 20.8 Å². The monoisotopic (exact) mass is 338 g/mol. The van der Waals surface area contributed by atoms with Crippen molar-refractivity contribution in [1.82, 2.24) is 10.3 Å². The lowest BCUT2D eigenvalue weighted by atomic mass is 9.98. The third-order valence-corrected chi connectivity index (χ3v) is 4.97. The predicted octanol–water partition coefficient (Wildman–Crippen LogP) is 2.69. The van der Waals surface area contributed by atoms with Crippen LogP contribution in [0.25, 0.3) is 10.2 Å². The van der Waals surface area contributed by atoms with E-state index in [9.17, 15) is 9.59 Å². The Hall–Kier alpha value is -2.73. The fourth-order valence-corrected chi connectivity index (χ4v) is 3.66. The van der Waals surface area contributed by atoms with Gasteiger partial charge in [0.15, 0.2) is 6.10 Å². The second-order valence-electron chi connectivity index (χ2n) is 5.55. The van der Waals surface area contributed by atoms with Crippen LogP contribution in [0.5, 0.6) is 0 Å². The Kier molecular flexibility index (Phi) is 3.74. The van der Waals surface area contributed by atoms with E-state index in [1.165, 1.54) is 0 Å². The van der Waals surface area contributed by atoms with Crippen molar-refractivity contribution in [3.63, 3.8) is 0 Å². The zero-order valence-electron chi connectivity index (χ0n) is 12.7. The molecule has 2 aromatic carbocycles. The number of hydrogen-bond acceptors (Lipinski definition) is 5. The first kappa shape index (κ1) is 14.8. The molecule has 1 aliphatic heterocycles. The van der Waals surface area contributed by atoms with Crippen LogP contribution < -0.4 is 5.32 Å². The molecule has 1 amide bonds. The second-order valence-corrected chi connectivity index (χ2v) is 6.66. The first-order chi connectivity index (χ1) is 11.7. The van der Waals surface area contributed by atoms with E-state index >= 15 is 0 Å². The van der Waals surface area contributed by atoms with E-state index in [-0.39, 0.29) is 5.91 Å². The third-order valence-electron chi connectivity index (χ3n) is 3.94. The molecule has 1 atom stereocenters. The Morgan fingerprint density at radius 3 is 2.88 bits per heavy atom. The lowest BCUT2D eigenvalue weighted by Gasteiger charge is -2.23. The summed E-state index contributed by atoms with van der Waals surface area (Å²) in [6.45, 7) is 0.327. The number of rotatable bonds is 3. The fourth-order valence-electron chi connectivity index (χ4n) is 2.75. The number of carbonyl (C=O) groups is 2. The summed E-state index contributed by atoms with van der Waals surface area (Å²) in [5.41, 5.74) is 2.30. The molecule has 3 aromatic rings. The minimum absolute atomic E-state index is 0.294. The molecular formula is C18H14N2O3S. The number of ether oxygens (including phenoxy) is 1. The number of amides is 1. The molecule has 5 nitrogen and oxygen atoms in total. The summed E-state index contributed by atoms with van der Waals surface area (Å²) in [6.07, 6.45) is -0.394. The van der Waals surface area contributed by atoms with Crippen LogP contribution in [0.2, 0.25) is 0 Å². The van der Waals surface area contributed by atoms with Crippen molar-refractivity contribution < 1.29 is 14.3 Å². The van der Waals surface area contributed by atoms with Crippen molar-refractivity contribution in [2.75, 3.05) is 0 Å². The average Bonchev–Trinajstić information content (AvgIpc) is 3.02. The Labute approximate surface area is 142 Å². The van der Waals surface area contributed by atoms with E-state index in [1.807, 2.05) is 36.4 Å². The van der Waals surface area contributed by atoms with Crippen molar-refractivity contribution in [3.8, 4) is 0 Å². The van der Waals surface area contributed by atoms with E-state index in [4.69, 9.17) is 4.74 Å². The molecule has 0 fully saturated rings. The third kappa shape index (κ3) is 2.76.